The van der Waals surface area contributed by atoms with Gasteiger partial charge in [-0.25, -0.2) is 0 Å². The molecule has 1 aliphatic carbocycles. The van der Waals surface area contributed by atoms with E-state index >= 15 is 0 Å². The smallest absolute Gasteiger partial charge is 0.269 e. The number of H-pyrrole nitrogens is 1. The van der Waals surface area contributed by atoms with E-state index in [0.717, 1.165) is 50.9 Å². The largest absolute Gasteiger partial charge is 0.364 e. The maximum Gasteiger partial charge on any atom is 0.269 e. The highest BCUT2D eigenvalue weighted by Crippen LogP contribution is 2.29. The minimum atomic E-state index is -0.513. The minimum Gasteiger partial charge on any atom is -0.364 e. The highest BCUT2D eigenvalue weighted by atomic mass is 16.2. The van der Waals surface area contributed by atoms with Gasteiger partial charge in [0.15, 0.2) is 0 Å². The van der Waals surface area contributed by atoms with Crippen LogP contribution < -0.4 is 5.73 Å². The van der Waals surface area contributed by atoms with Gasteiger partial charge >= 0.3 is 0 Å². The highest BCUT2D eigenvalue weighted by molar-refractivity contribution is 5.90. The summed E-state index contributed by atoms with van der Waals surface area (Å²) in [6, 6.07) is 1.73. The van der Waals surface area contributed by atoms with Crippen LogP contribution in [0.15, 0.2) is 18.2 Å². The number of hydrogen-bond acceptors (Lipinski definition) is 3. The van der Waals surface area contributed by atoms with E-state index in [2.05, 4.69) is 22.3 Å². The molecule has 1 saturated heterocycles. The molecule has 1 aromatic rings. The molecule has 0 saturated carbocycles. The fourth-order valence-electron chi connectivity index (χ4n) is 3.36. The predicted molar refractivity (Wildman–Crippen MR) is 82.1 cm³/mol. The number of allylic oxidation sites excluding steroid dienone is 2. The van der Waals surface area contributed by atoms with Crippen LogP contribution in [0.4, 0.5) is 0 Å². The Labute approximate surface area is 129 Å². The van der Waals surface area contributed by atoms with Crippen LogP contribution in [0.3, 0.4) is 0 Å². The lowest BCUT2D eigenvalue weighted by Crippen LogP contribution is -2.41. The maximum absolute atomic E-state index is 12.5. The number of amides is 2. The van der Waals surface area contributed by atoms with Crippen LogP contribution in [0, 0.1) is 5.92 Å². The Kier molecular flexibility index (Phi) is 4.27. The summed E-state index contributed by atoms with van der Waals surface area (Å²) in [5, 5.41) is 6.83. The Morgan fingerprint density at radius 3 is 2.59 bits per heavy atom. The Morgan fingerprint density at radius 2 is 2.00 bits per heavy atom. The second-order valence-electron chi connectivity index (χ2n) is 6.15. The molecule has 22 heavy (non-hydrogen) atoms. The standard InChI is InChI=1S/C16H22N4O2/c17-15(21)14-10-13(18-19-14)11-6-8-20(9-7-11)16(22)12-4-2-1-3-5-12/h1-2,10-12H,3-9H2,(H2,17,21)(H,18,19). The number of aromatic amines is 1. The second-order valence-corrected chi connectivity index (χ2v) is 6.15. The molecular formula is C16H22N4O2. The van der Waals surface area contributed by atoms with Crippen molar-refractivity contribution in [3.05, 3.63) is 29.6 Å². The van der Waals surface area contributed by atoms with Gasteiger partial charge in [0, 0.05) is 30.6 Å². The summed E-state index contributed by atoms with van der Waals surface area (Å²) >= 11 is 0. The lowest BCUT2D eigenvalue weighted by atomic mass is 9.89. The molecule has 118 valence electrons. The zero-order valence-electron chi connectivity index (χ0n) is 12.6. The molecule has 0 radical (unpaired) electrons. The third kappa shape index (κ3) is 3.05. The number of rotatable bonds is 3. The Bertz CT molecular complexity index is 585. The summed E-state index contributed by atoms with van der Waals surface area (Å²) < 4.78 is 0. The number of likely N-dealkylation sites (tertiary alicyclic amines) is 1. The molecule has 3 N–H and O–H groups in total. The Hall–Kier alpha value is -2.11. The normalized spacial score (nSPS) is 22.7. The summed E-state index contributed by atoms with van der Waals surface area (Å²) in [5.41, 5.74) is 6.45. The summed E-state index contributed by atoms with van der Waals surface area (Å²) in [6.45, 7) is 1.54. The van der Waals surface area contributed by atoms with Crippen molar-refractivity contribution in [2.75, 3.05) is 13.1 Å². The summed E-state index contributed by atoms with van der Waals surface area (Å²) in [7, 11) is 0. The summed E-state index contributed by atoms with van der Waals surface area (Å²) in [5.74, 6) is 0.261. The molecule has 2 aliphatic rings. The molecule has 6 nitrogen and oxygen atoms in total. The fourth-order valence-corrected chi connectivity index (χ4v) is 3.36. The van der Waals surface area contributed by atoms with E-state index < -0.39 is 5.91 Å². The first kappa shape index (κ1) is 14.8. The van der Waals surface area contributed by atoms with Gasteiger partial charge in [-0.2, -0.15) is 5.10 Å². The first-order valence-corrected chi connectivity index (χ1v) is 7.94. The van der Waals surface area contributed by atoms with Crippen molar-refractivity contribution >= 4 is 11.8 Å². The fraction of sp³-hybridized carbons (Fsp3) is 0.562. The van der Waals surface area contributed by atoms with Gasteiger partial charge in [0.25, 0.3) is 5.91 Å². The van der Waals surface area contributed by atoms with Gasteiger partial charge in [-0.05, 0) is 38.2 Å². The van der Waals surface area contributed by atoms with Gasteiger partial charge in [-0.15, -0.1) is 0 Å². The van der Waals surface area contributed by atoms with Crippen LogP contribution in [0.2, 0.25) is 0 Å². The van der Waals surface area contributed by atoms with Crippen LogP contribution in [0.5, 0.6) is 0 Å². The molecule has 2 amide bonds. The summed E-state index contributed by atoms with van der Waals surface area (Å²) in [4.78, 5) is 25.6. The first-order chi connectivity index (χ1) is 10.6. The number of primary amides is 1. The number of nitrogens with zero attached hydrogens (tertiary/aromatic N) is 2. The van der Waals surface area contributed by atoms with Crippen LogP contribution in [0.25, 0.3) is 0 Å². The molecule has 1 aliphatic heterocycles. The van der Waals surface area contributed by atoms with Crippen molar-refractivity contribution in [1.29, 1.82) is 0 Å². The van der Waals surface area contributed by atoms with Gasteiger partial charge in [0.2, 0.25) is 5.91 Å². The van der Waals surface area contributed by atoms with Crippen molar-refractivity contribution in [1.82, 2.24) is 15.1 Å². The van der Waals surface area contributed by atoms with E-state index in [4.69, 9.17) is 5.73 Å². The molecule has 0 bridgehead atoms. The summed E-state index contributed by atoms with van der Waals surface area (Å²) in [6.07, 6.45) is 8.93. The van der Waals surface area contributed by atoms with E-state index in [0.29, 0.717) is 11.8 Å². The zero-order valence-corrected chi connectivity index (χ0v) is 12.6. The molecule has 6 heteroatoms. The average molecular weight is 302 g/mol. The topological polar surface area (TPSA) is 92.1 Å². The zero-order chi connectivity index (χ0) is 15.5. The Balaban J connectivity index is 1.56. The van der Waals surface area contributed by atoms with E-state index in [9.17, 15) is 9.59 Å². The van der Waals surface area contributed by atoms with Gasteiger partial charge < -0.3 is 10.6 Å². The predicted octanol–water partition coefficient (Wildman–Crippen LogP) is 1.57. The number of carbonyl (C=O) groups is 2. The van der Waals surface area contributed by atoms with Gasteiger partial charge in [-0.1, -0.05) is 12.2 Å². The molecule has 0 spiro atoms. The van der Waals surface area contributed by atoms with Crippen molar-refractivity contribution in [2.24, 2.45) is 11.7 Å². The van der Waals surface area contributed by atoms with Crippen molar-refractivity contribution in [2.45, 2.75) is 38.0 Å². The number of carbonyl (C=O) groups excluding carboxylic acids is 2. The van der Waals surface area contributed by atoms with Crippen LogP contribution in [-0.2, 0) is 4.79 Å². The number of aromatic nitrogens is 2. The van der Waals surface area contributed by atoms with Gasteiger partial charge in [0.1, 0.15) is 5.69 Å². The van der Waals surface area contributed by atoms with Crippen LogP contribution in [-0.4, -0.2) is 40.0 Å². The van der Waals surface area contributed by atoms with E-state index in [1.807, 2.05) is 4.90 Å². The Morgan fingerprint density at radius 1 is 1.23 bits per heavy atom. The molecule has 2 heterocycles. The SMILES string of the molecule is NC(=O)c1cc(C2CCN(C(=O)C3CC=CCC3)CC2)[nH]n1. The number of piperidine rings is 1. The van der Waals surface area contributed by atoms with E-state index in [1.54, 1.807) is 6.07 Å². The number of nitrogens with two attached hydrogens (primary N) is 1. The molecule has 0 aromatic carbocycles. The third-order valence-corrected chi connectivity index (χ3v) is 4.71. The average Bonchev–Trinajstić information content (AvgIpc) is 3.05. The lowest BCUT2D eigenvalue weighted by molar-refractivity contribution is -0.136. The van der Waals surface area contributed by atoms with E-state index in [-0.39, 0.29) is 11.6 Å². The lowest BCUT2D eigenvalue weighted by Gasteiger charge is -2.34. The quantitative estimate of drug-likeness (QED) is 0.830. The second kappa shape index (κ2) is 6.34. The monoisotopic (exact) mass is 302 g/mol. The van der Waals surface area contributed by atoms with Crippen LogP contribution >= 0.6 is 0 Å². The van der Waals surface area contributed by atoms with Crippen LogP contribution in [0.1, 0.15) is 54.2 Å². The molecule has 3 rings (SSSR count). The molecular weight excluding hydrogens is 280 g/mol. The minimum absolute atomic E-state index is 0.162. The van der Waals surface area contributed by atoms with Gasteiger partial charge in [-0.3, -0.25) is 14.7 Å². The van der Waals surface area contributed by atoms with E-state index in [1.165, 1.54) is 0 Å². The maximum atomic E-state index is 12.5. The molecule has 1 unspecified atom stereocenters. The number of hydrogen-bond donors (Lipinski definition) is 2. The molecule has 1 atom stereocenters. The first-order valence-electron chi connectivity index (χ1n) is 7.94. The van der Waals surface area contributed by atoms with Crippen molar-refractivity contribution < 1.29 is 9.59 Å². The highest BCUT2D eigenvalue weighted by Gasteiger charge is 2.29. The molecule has 1 fully saturated rings. The van der Waals surface area contributed by atoms with Crippen molar-refractivity contribution in [3.63, 3.8) is 0 Å². The third-order valence-electron chi connectivity index (χ3n) is 4.71. The molecule has 1 aromatic heterocycles. The van der Waals surface area contributed by atoms with Crippen molar-refractivity contribution in [3.8, 4) is 0 Å². The number of nitrogens with one attached hydrogen (secondary N) is 1. The van der Waals surface area contributed by atoms with Gasteiger partial charge in [0.05, 0.1) is 0 Å².